The molecule has 0 unspecified atom stereocenters. The van der Waals surface area contributed by atoms with Crippen molar-refractivity contribution in [2.45, 2.75) is 33.6 Å². The first-order valence-electron chi connectivity index (χ1n) is 5.92. The maximum absolute atomic E-state index is 2.34. The molecule has 1 aromatic carbocycles. The first-order valence-corrected chi connectivity index (χ1v) is 5.92. The number of hydrogen-bond acceptors (Lipinski definition) is 0. The topological polar surface area (TPSA) is 3.88 Å². The van der Waals surface area contributed by atoms with E-state index in [1.807, 2.05) is 0 Å². The number of fused-ring (bicyclic) bond motifs is 1. The van der Waals surface area contributed by atoms with Gasteiger partial charge in [-0.15, -0.1) is 0 Å². The molecule has 0 aliphatic carbocycles. The van der Waals surface area contributed by atoms with Gasteiger partial charge in [-0.3, -0.25) is 0 Å². The van der Waals surface area contributed by atoms with Crippen molar-refractivity contribution in [2.75, 3.05) is 0 Å². The van der Waals surface area contributed by atoms with Crippen LogP contribution in [0.5, 0.6) is 0 Å². The van der Waals surface area contributed by atoms with Gasteiger partial charge in [0.2, 0.25) is 5.52 Å². The monoisotopic (exact) mass is 214 g/mol. The van der Waals surface area contributed by atoms with E-state index < -0.39 is 0 Å². The molecule has 0 aliphatic heterocycles. The second-order valence-corrected chi connectivity index (χ2v) is 4.87. The quantitative estimate of drug-likeness (QED) is 0.641. The Morgan fingerprint density at radius 1 is 1.00 bits per heavy atom. The lowest BCUT2D eigenvalue weighted by Crippen LogP contribution is -2.36. The molecule has 0 amide bonds. The normalized spacial score (nSPS) is 11.4. The van der Waals surface area contributed by atoms with Crippen LogP contribution < -0.4 is 4.57 Å². The number of nitrogens with zero attached hydrogens (tertiary/aromatic N) is 1. The SMILES string of the molecule is Cc1c(C)c2ccccc2[n+](C)c1C(C)C. The van der Waals surface area contributed by atoms with Crippen molar-refractivity contribution >= 4 is 10.9 Å². The van der Waals surface area contributed by atoms with Crippen LogP contribution in [0.1, 0.15) is 36.6 Å². The zero-order valence-corrected chi connectivity index (χ0v) is 10.8. The van der Waals surface area contributed by atoms with Gasteiger partial charge in [0.1, 0.15) is 7.05 Å². The average molecular weight is 214 g/mol. The fourth-order valence-electron chi connectivity index (χ4n) is 2.68. The third kappa shape index (κ3) is 1.51. The van der Waals surface area contributed by atoms with Crippen LogP contribution in [-0.4, -0.2) is 0 Å². The van der Waals surface area contributed by atoms with Crippen LogP contribution in [0.3, 0.4) is 0 Å². The number of aromatic nitrogens is 1. The molecule has 1 heterocycles. The molecule has 0 aliphatic rings. The van der Waals surface area contributed by atoms with Gasteiger partial charge in [-0.05, 0) is 25.5 Å². The molecule has 0 saturated heterocycles. The number of rotatable bonds is 1. The van der Waals surface area contributed by atoms with Gasteiger partial charge >= 0.3 is 0 Å². The zero-order valence-electron chi connectivity index (χ0n) is 10.8. The highest BCUT2D eigenvalue weighted by atomic mass is 14.9. The van der Waals surface area contributed by atoms with E-state index in [0.29, 0.717) is 5.92 Å². The van der Waals surface area contributed by atoms with Gasteiger partial charge in [-0.2, -0.15) is 4.57 Å². The third-order valence-electron chi connectivity index (χ3n) is 3.52. The maximum atomic E-state index is 2.34. The van der Waals surface area contributed by atoms with E-state index in [1.54, 1.807) is 0 Å². The largest absolute Gasteiger partial charge is 0.212 e. The number of para-hydroxylation sites is 1. The van der Waals surface area contributed by atoms with E-state index in [-0.39, 0.29) is 0 Å². The summed E-state index contributed by atoms with van der Waals surface area (Å²) in [4.78, 5) is 0. The molecule has 1 nitrogen and oxygen atoms in total. The minimum absolute atomic E-state index is 0.563. The molecule has 0 fully saturated rings. The Morgan fingerprint density at radius 2 is 1.62 bits per heavy atom. The predicted octanol–water partition coefficient (Wildman–Crippen LogP) is 3.40. The number of benzene rings is 1. The fourth-order valence-corrected chi connectivity index (χ4v) is 2.68. The van der Waals surface area contributed by atoms with Crippen molar-refractivity contribution in [3.63, 3.8) is 0 Å². The van der Waals surface area contributed by atoms with Gasteiger partial charge in [0, 0.05) is 22.9 Å². The number of aryl methyl sites for hydroxylation is 2. The molecule has 2 rings (SSSR count). The molecular formula is C15H20N+. The minimum atomic E-state index is 0.563. The van der Waals surface area contributed by atoms with E-state index in [1.165, 1.54) is 27.7 Å². The Bertz CT molecular complexity index is 539. The Kier molecular flexibility index (Phi) is 2.71. The predicted molar refractivity (Wildman–Crippen MR) is 68.7 cm³/mol. The standard InChI is InChI=1S/C15H20N/c1-10(2)15-12(4)11(3)13-8-6-7-9-14(13)16(15)5/h6-10H,1-5H3/q+1. The molecule has 1 heteroatoms. The Balaban J connectivity index is 2.94. The molecule has 2 aromatic rings. The van der Waals surface area contributed by atoms with Crippen molar-refractivity contribution < 1.29 is 4.57 Å². The van der Waals surface area contributed by atoms with E-state index in [2.05, 4.69) is 63.6 Å². The van der Waals surface area contributed by atoms with Gasteiger partial charge in [0.15, 0.2) is 5.69 Å². The second kappa shape index (κ2) is 3.89. The second-order valence-electron chi connectivity index (χ2n) is 4.87. The average Bonchev–Trinajstić information content (AvgIpc) is 2.26. The van der Waals surface area contributed by atoms with E-state index in [0.717, 1.165) is 0 Å². The van der Waals surface area contributed by atoms with Crippen molar-refractivity contribution in [1.82, 2.24) is 0 Å². The Labute approximate surface area is 97.7 Å². The van der Waals surface area contributed by atoms with Gasteiger partial charge in [0.25, 0.3) is 0 Å². The minimum Gasteiger partial charge on any atom is -0.198 e. The summed E-state index contributed by atoms with van der Waals surface area (Å²) in [7, 11) is 2.17. The summed E-state index contributed by atoms with van der Waals surface area (Å²) >= 11 is 0. The molecular weight excluding hydrogens is 194 g/mol. The summed E-state index contributed by atoms with van der Waals surface area (Å²) in [6, 6.07) is 8.64. The third-order valence-corrected chi connectivity index (χ3v) is 3.52. The zero-order chi connectivity index (χ0) is 11.9. The molecule has 0 saturated carbocycles. The van der Waals surface area contributed by atoms with Crippen LogP contribution in [0.2, 0.25) is 0 Å². The van der Waals surface area contributed by atoms with Crippen LogP contribution in [0.4, 0.5) is 0 Å². The summed E-state index contributed by atoms with van der Waals surface area (Å²) in [5, 5.41) is 1.37. The van der Waals surface area contributed by atoms with Crippen LogP contribution in [0.25, 0.3) is 10.9 Å². The fraction of sp³-hybridized carbons (Fsp3) is 0.400. The molecule has 0 N–H and O–H groups in total. The summed E-state index contributed by atoms with van der Waals surface area (Å²) in [6.07, 6.45) is 0. The van der Waals surface area contributed by atoms with Crippen molar-refractivity contribution in [3.05, 3.63) is 41.1 Å². The summed E-state index contributed by atoms with van der Waals surface area (Å²) in [5.74, 6) is 0.563. The molecule has 84 valence electrons. The number of pyridine rings is 1. The maximum Gasteiger partial charge on any atom is 0.212 e. The first kappa shape index (κ1) is 11.1. The Hall–Kier alpha value is -1.37. The molecule has 1 aromatic heterocycles. The first-order chi connectivity index (χ1) is 7.54. The molecule has 0 radical (unpaired) electrons. The van der Waals surface area contributed by atoms with E-state index >= 15 is 0 Å². The van der Waals surface area contributed by atoms with Crippen LogP contribution in [0.15, 0.2) is 24.3 Å². The van der Waals surface area contributed by atoms with Crippen LogP contribution in [0, 0.1) is 13.8 Å². The highest BCUT2D eigenvalue weighted by molar-refractivity contribution is 5.80. The van der Waals surface area contributed by atoms with Gasteiger partial charge in [0.05, 0.1) is 0 Å². The van der Waals surface area contributed by atoms with Crippen molar-refractivity contribution in [1.29, 1.82) is 0 Å². The van der Waals surface area contributed by atoms with Gasteiger partial charge in [-0.25, -0.2) is 0 Å². The highest BCUT2D eigenvalue weighted by Crippen LogP contribution is 2.24. The summed E-state index contributed by atoms with van der Waals surface area (Å²) in [5.41, 5.74) is 5.61. The summed E-state index contributed by atoms with van der Waals surface area (Å²) < 4.78 is 2.34. The van der Waals surface area contributed by atoms with E-state index in [4.69, 9.17) is 0 Å². The van der Waals surface area contributed by atoms with Gasteiger partial charge in [-0.1, -0.05) is 26.0 Å². The van der Waals surface area contributed by atoms with E-state index in [9.17, 15) is 0 Å². The van der Waals surface area contributed by atoms with Crippen LogP contribution in [-0.2, 0) is 7.05 Å². The lowest BCUT2D eigenvalue weighted by molar-refractivity contribution is -0.654. The van der Waals surface area contributed by atoms with Crippen LogP contribution >= 0.6 is 0 Å². The smallest absolute Gasteiger partial charge is 0.198 e. The van der Waals surface area contributed by atoms with Crippen molar-refractivity contribution in [2.24, 2.45) is 7.05 Å². The molecule has 0 spiro atoms. The van der Waals surface area contributed by atoms with Gasteiger partial charge < -0.3 is 0 Å². The molecule has 0 atom stereocenters. The summed E-state index contributed by atoms with van der Waals surface area (Å²) in [6.45, 7) is 8.98. The number of hydrogen-bond donors (Lipinski definition) is 0. The molecule has 16 heavy (non-hydrogen) atoms. The Morgan fingerprint density at radius 3 is 2.25 bits per heavy atom. The van der Waals surface area contributed by atoms with Crippen molar-refractivity contribution in [3.8, 4) is 0 Å². The molecule has 0 bridgehead atoms. The lowest BCUT2D eigenvalue weighted by atomic mass is 9.96. The lowest BCUT2D eigenvalue weighted by Gasteiger charge is -2.12. The highest BCUT2D eigenvalue weighted by Gasteiger charge is 2.20.